The van der Waals surface area contributed by atoms with Gasteiger partial charge in [-0.25, -0.2) is 9.69 Å². The van der Waals surface area contributed by atoms with Crippen LogP contribution in [0.4, 0.5) is 10.5 Å². The molecule has 1 heterocycles. The van der Waals surface area contributed by atoms with Crippen molar-refractivity contribution < 1.29 is 23.9 Å². The van der Waals surface area contributed by atoms with E-state index >= 15 is 0 Å². The predicted octanol–water partition coefficient (Wildman–Crippen LogP) is 5.05. The number of ether oxygens (including phenoxy) is 2. The average Bonchev–Trinajstić information content (AvgIpc) is 2.99. The largest absolute Gasteiger partial charge is 0.501 e. The summed E-state index contributed by atoms with van der Waals surface area (Å²) in [6.07, 6.45) is 0.617. The Morgan fingerprint density at radius 1 is 1.06 bits per heavy atom. The number of ketones is 1. The molecule has 2 aromatic carbocycles. The summed E-state index contributed by atoms with van der Waals surface area (Å²) in [5, 5.41) is 0. The highest BCUT2D eigenvalue weighted by Gasteiger charge is 2.65. The summed E-state index contributed by atoms with van der Waals surface area (Å²) in [5.41, 5.74) is 0.347. The van der Waals surface area contributed by atoms with E-state index in [1.807, 2.05) is 38.1 Å². The monoisotopic (exact) mass is 447 g/mol. The number of hydrogen-bond acceptors (Lipinski definition) is 5. The van der Waals surface area contributed by atoms with Crippen LogP contribution in [0.1, 0.15) is 50.3 Å². The Balaban J connectivity index is 2.00. The van der Waals surface area contributed by atoms with Crippen LogP contribution < -0.4 is 4.90 Å². The number of fused-ring (bicyclic) bond motifs is 2. The highest BCUT2D eigenvalue weighted by Crippen LogP contribution is 2.56. The Bertz CT molecular complexity index is 1180. The van der Waals surface area contributed by atoms with Crippen molar-refractivity contribution >= 4 is 23.5 Å². The lowest BCUT2D eigenvalue weighted by molar-refractivity contribution is -0.134. The Morgan fingerprint density at radius 3 is 2.39 bits per heavy atom. The molecule has 0 saturated carbocycles. The molecule has 0 saturated heterocycles. The van der Waals surface area contributed by atoms with E-state index in [0.29, 0.717) is 17.0 Å². The maximum atomic E-state index is 14.2. The maximum absolute atomic E-state index is 14.2. The first-order chi connectivity index (χ1) is 15.5. The zero-order valence-corrected chi connectivity index (χ0v) is 19.8. The average molecular weight is 448 g/mol. The van der Waals surface area contributed by atoms with E-state index in [1.165, 1.54) is 13.2 Å². The number of allylic oxidation sites excluding steroid dienone is 2. The molecule has 0 aromatic heterocycles. The van der Waals surface area contributed by atoms with Crippen molar-refractivity contribution in [1.82, 2.24) is 0 Å². The van der Waals surface area contributed by atoms with Crippen LogP contribution in [0, 0.1) is 12.8 Å². The quantitative estimate of drug-likeness (QED) is 0.603. The third kappa shape index (κ3) is 3.45. The molecule has 2 aromatic rings. The van der Waals surface area contributed by atoms with E-state index in [9.17, 15) is 14.4 Å². The van der Waals surface area contributed by atoms with Crippen LogP contribution in [0.15, 0.2) is 60.4 Å². The van der Waals surface area contributed by atoms with Crippen LogP contribution >= 0.6 is 0 Å². The molecule has 0 fully saturated rings. The maximum Gasteiger partial charge on any atom is 0.421 e. The number of carbonyl (C=O) groups is 3. The fourth-order valence-electron chi connectivity index (χ4n) is 5.14. The minimum Gasteiger partial charge on any atom is -0.501 e. The Labute approximate surface area is 194 Å². The molecule has 2 amide bonds. The first-order valence-electron chi connectivity index (χ1n) is 11.1. The van der Waals surface area contributed by atoms with Crippen LogP contribution in [-0.2, 0) is 24.5 Å². The highest BCUT2D eigenvalue weighted by atomic mass is 16.6. The number of aryl methyl sites for hydroxylation is 1. The number of imide groups is 1. The van der Waals surface area contributed by atoms with Crippen molar-refractivity contribution in [1.29, 1.82) is 0 Å². The van der Waals surface area contributed by atoms with E-state index < -0.39 is 34.7 Å². The number of amides is 2. The molecule has 0 bridgehead atoms. The minimum atomic E-state index is -1.59. The van der Waals surface area contributed by atoms with Gasteiger partial charge >= 0.3 is 6.09 Å². The van der Waals surface area contributed by atoms with Gasteiger partial charge in [-0.2, -0.15) is 0 Å². The summed E-state index contributed by atoms with van der Waals surface area (Å²) in [6.45, 7) is 9.14. The normalized spacial score (nSPS) is 24.5. The Morgan fingerprint density at radius 2 is 1.76 bits per heavy atom. The Kier molecular flexibility index (Phi) is 5.43. The molecule has 2 aliphatic rings. The second kappa shape index (κ2) is 7.87. The van der Waals surface area contributed by atoms with Gasteiger partial charge in [0.15, 0.2) is 5.78 Å². The van der Waals surface area contributed by atoms with Crippen LogP contribution in [0.25, 0.3) is 0 Å². The van der Waals surface area contributed by atoms with Crippen molar-refractivity contribution in [2.45, 2.75) is 51.6 Å². The van der Waals surface area contributed by atoms with Crippen LogP contribution in [0.3, 0.4) is 0 Å². The fraction of sp³-hybridized carbons (Fsp3) is 0.370. The van der Waals surface area contributed by atoms with Gasteiger partial charge in [0, 0.05) is 23.5 Å². The van der Waals surface area contributed by atoms with Crippen molar-refractivity contribution in [3.05, 3.63) is 77.1 Å². The molecule has 6 nitrogen and oxygen atoms in total. The van der Waals surface area contributed by atoms with Gasteiger partial charge in [0.2, 0.25) is 0 Å². The number of nitrogens with zero attached hydrogens (tertiary/aromatic N) is 1. The van der Waals surface area contributed by atoms with Gasteiger partial charge in [0.1, 0.15) is 16.8 Å². The molecule has 1 unspecified atom stereocenters. The molecular formula is C27H29NO5. The molecule has 6 heteroatoms. The highest BCUT2D eigenvalue weighted by molar-refractivity contribution is 6.32. The summed E-state index contributed by atoms with van der Waals surface area (Å²) in [7, 11) is 1.53. The number of rotatable bonds is 2. The van der Waals surface area contributed by atoms with Gasteiger partial charge in [-0.15, -0.1) is 0 Å². The fourth-order valence-corrected chi connectivity index (χ4v) is 5.14. The van der Waals surface area contributed by atoms with E-state index in [-0.39, 0.29) is 5.92 Å². The van der Waals surface area contributed by atoms with Crippen LogP contribution in [0.5, 0.6) is 0 Å². The second-order valence-electron chi connectivity index (χ2n) is 9.74. The van der Waals surface area contributed by atoms with Gasteiger partial charge in [0.25, 0.3) is 5.91 Å². The molecule has 4 rings (SSSR count). The molecule has 172 valence electrons. The minimum absolute atomic E-state index is 0.287. The summed E-state index contributed by atoms with van der Waals surface area (Å²) < 4.78 is 11.1. The van der Waals surface area contributed by atoms with Crippen molar-refractivity contribution in [2.24, 2.45) is 5.92 Å². The lowest BCUT2D eigenvalue weighted by Crippen LogP contribution is -2.55. The first-order valence-corrected chi connectivity index (χ1v) is 11.1. The van der Waals surface area contributed by atoms with Gasteiger partial charge in [-0.1, -0.05) is 55.0 Å². The summed E-state index contributed by atoms with van der Waals surface area (Å²) in [4.78, 5) is 42.3. The van der Waals surface area contributed by atoms with Gasteiger partial charge in [0.05, 0.1) is 12.8 Å². The predicted molar refractivity (Wildman–Crippen MR) is 125 cm³/mol. The number of para-hydroxylation sites is 1. The molecule has 1 aliphatic heterocycles. The second-order valence-corrected chi connectivity index (χ2v) is 9.74. The standard InChI is InChI=1S/C27H29NO5/c1-16-10-9-11-18(14-16)23-17(2)21(32-6)15-22(29)27(23)19-12-7-8-13-20(19)28(24(27)30)25(31)33-26(3,4)5/h7-15,17,23H,1-6H3/t17-,23-,27?/m0/s1. The lowest BCUT2D eigenvalue weighted by Gasteiger charge is -2.42. The molecule has 0 N–H and O–H groups in total. The molecule has 3 atom stereocenters. The number of anilines is 1. The van der Waals surface area contributed by atoms with Gasteiger partial charge < -0.3 is 9.47 Å². The third-order valence-corrected chi connectivity index (χ3v) is 6.40. The molecule has 1 aliphatic carbocycles. The zero-order valence-electron chi connectivity index (χ0n) is 19.8. The van der Waals surface area contributed by atoms with E-state index in [4.69, 9.17) is 9.47 Å². The number of carbonyl (C=O) groups excluding carboxylic acids is 3. The smallest absolute Gasteiger partial charge is 0.421 e. The van der Waals surface area contributed by atoms with E-state index in [0.717, 1.165) is 16.0 Å². The summed E-state index contributed by atoms with van der Waals surface area (Å²) in [5.74, 6) is -1.32. The van der Waals surface area contributed by atoms with Crippen LogP contribution in [0.2, 0.25) is 0 Å². The summed E-state index contributed by atoms with van der Waals surface area (Å²) in [6, 6.07) is 14.8. The van der Waals surface area contributed by atoms with Gasteiger partial charge in [-0.3, -0.25) is 9.59 Å². The molecular weight excluding hydrogens is 418 g/mol. The number of benzene rings is 2. The number of methoxy groups -OCH3 is 1. The number of hydrogen-bond donors (Lipinski definition) is 0. The van der Waals surface area contributed by atoms with Crippen molar-refractivity contribution in [3.63, 3.8) is 0 Å². The van der Waals surface area contributed by atoms with Crippen molar-refractivity contribution in [2.75, 3.05) is 12.0 Å². The summed E-state index contributed by atoms with van der Waals surface area (Å²) >= 11 is 0. The topological polar surface area (TPSA) is 72.9 Å². The zero-order chi connectivity index (χ0) is 24.1. The van der Waals surface area contributed by atoms with Gasteiger partial charge in [-0.05, 0) is 39.3 Å². The Hall–Kier alpha value is -3.41. The molecule has 1 spiro atoms. The van der Waals surface area contributed by atoms with E-state index in [1.54, 1.807) is 45.0 Å². The van der Waals surface area contributed by atoms with Crippen molar-refractivity contribution in [3.8, 4) is 0 Å². The third-order valence-electron chi connectivity index (χ3n) is 6.40. The lowest BCUT2D eigenvalue weighted by atomic mass is 9.58. The SMILES string of the molecule is COC1=CC(=O)C2(C(=O)N(C(=O)OC(C)(C)C)c3ccccc32)[C@H](c2cccc(C)c2)[C@H]1C. The van der Waals surface area contributed by atoms with Crippen LogP contribution in [-0.4, -0.2) is 30.5 Å². The first kappa shape index (κ1) is 22.8. The van der Waals surface area contributed by atoms with E-state index in [2.05, 4.69) is 0 Å². The molecule has 0 radical (unpaired) electrons. The molecule has 33 heavy (non-hydrogen) atoms.